The summed E-state index contributed by atoms with van der Waals surface area (Å²) in [5.74, 6) is 0.731. The van der Waals surface area contributed by atoms with Crippen molar-refractivity contribution in [2.24, 2.45) is 0 Å². The van der Waals surface area contributed by atoms with Crippen molar-refractivity contribution in [2.75, 3.05) is 17.3 Å². The fourth-order valence-electron chi connectivity index (χ4n) is 4.18. The molecule has 0 bridgehead atoms. The number of nitrogens with zero attached hydrogens (tertiary/aromatic N) is 3. The van der Waals surface area contributed by atoms with Gasteiger partial charge < -0.3 is 15.3 Å². The molecule has 7 nitrogen and oxygen atoms in total. The third-order valence-corrected chi connectivity index (χ3v) is 5.46. The number of carboxylic acid groups (broad SMARTS) is 1. The summed E-state index contributed by atoms with van der Waals surface area (Å²) in [5.41, 5.74) is 3.50. The quantitative estimate of drug-likeness (QED) is 0.802. The number of fused-ring (bicyclic) bond motifs is 1. The second kappa shape index (κ2) is 8.11. The van der Waals surface area contributed by atoms with E-state index in [1.165, 1.54) is 4.90 Å². The average Bonchev–Trinajstić information content (AvgIpc) is 2.67. The standard InChI is InChI=1S/C22H28N4O3/c1-13(2)25(22(28)29)20-10-14(3)26(15(4)27)19-8-6-16(11-18(19)20)17-7-9-21(23-5)24-12-17/h6-9,11-14,20H,10H2,1-5H3,(H,23,24)(H,28,29)/t14-,20+/m0/s1. The zero-order valence-corrected chi connectivity index (χ0v) is 17.5. The highest BCUT2D eigenvalue weighted by atomic mass is 16.4. The van der Waals surface area contributed by atoms with E-state index in [4.69, 9.17) is 0 Å². The molecule has 1 aromatic heterocycles. The molecule has 2 atom stereocenters. The van der Waals surface area contributed by atoms with Crippen molar-refractivity contribution < 1.29 is 14.7 Å². The van der Waals surface area contributed by atoms with Crippen LogP contribution < -0.4 is 10.2 Å². The van der Waals surface area contributed by atoms with Crippen LogP contribution in [0.1, 0.15) is 45.7 Å². The molecule has 7 heteroatoms. The summed E-state index contributed by atoms with van der Waals surface area (Å²) < 4.78 is 0. The van der Waals surface area contributed by atoms with Gasteiger partial charge in [0, 0.05) is 43.5 Å². The van der Waals surface area contributed by atoms with Crippen molar-refractivity contribution in [1.29, 1.82) is 0 Å². The summed E-state index contributed by atoms with van der Waals surface area (Å²) >= 11 is 0. The largest absolute Gasteiger partial charge is 0.465 e. The first kappa shape index (κ1) is 20.6. The number of hydrogen-bond donors (Lipinski definition) is 2. The summed E-state index contributed by atoms with van der Waals surface area (Å²) in [6.07, 6.45) is 1.39. The maximum absolute atomic E-state index is 12.3. The minimum atomic E-state index is -0.954. The van der Waals surface area contributed by atoms with Crippen LogP contribution in [0.5, 0.6) is 0 Å². The van der Waals surface area contributed by atoms with Gasteiger partial charge in [0.2, 0.25) is 5.91 Å². The predicted octanol–water partition coefficient (Wildman–Crippen LogP) is 4.36. The molecular weight excluding hydrogens is 368 g/mol. The minimum absolute atomic E-state index is 0.0450. The molecule has 0 fully saturated rings. The lowest BCUT2D eigenvalue weighted by atomic mass is 9.88. The number of rotatable bonds is 4. The smallest absolute Gasteiger partial charge is 0.408 e. The van der Waals surface area contributed by atoms with Crippen LogP contribution in [0.3, 0.4) is 0 Å². The Morgan fingerprint density at radius 3 is 2.45 bits per heavy atom. The summed E-state index contributed by atoms with van der Waals surface area (Å²) in [7, 11) is 1.81. The maximum atomic E-state index is 12.3. The second-order valence-corrected chi connectivity index (χ2v) is 7.73. The fraction of sp³-hybridized carbons (Fsp3) is 0.409. The highest BCUT2D eigenvalue weighted by Gasteiger charge is 2.38. The number of nitrogens with one attached hydrogen (secondary N) is 1. The maximum Gasteiger partial charge on any atom is 0.408 e. The number of hydrogen-bond acceptors (Lipinski definition) is 4. The van der Waals surface area contributed by atoms with Crippen LogP contribution in [0.4, 0.5) is 16.3 Å². The van der Waals surface area contributed by atoms with Crippen molar-refractivity contribution in [1.82, 2.24) is 9.88 Å². The SMILES string of the molecule is CNc1ccc(-c2ccc3c(c2)[C@H](N(C(=O)O)C(C)C)C[C@H](C)N3C(C)=O)cn1. The van der Waals surface area contributed by atoms with Gasteiger partial charge in [-0.2, -0.15) is 0 Å². The Hall–Kier alpha value is -3.09. The molecule has 154 valence electrons. The predicted molar refractivity (Wildman–Crippen MR) is 114 cm³/mol. The summed E-state index contributed by atoms with van der Waals surface area (Å²) in [4.78, 5) is 32.0. The third kappa shape index (κ3) is 3.90. The topological polar surface area (TPSA) is 85.8 Å². The van der Waals surface area contributed by atoms with Gasteiger partial charge in [-0.05, 0) is 62.6 Å². The van der Waals surface area contributed by atoms with Crippen LogP contribution in [0.15, 0.2) is 36.5 Å². The highest BCUT2D eigenvalue weighted by molar-refractivity contribution is 5.94. The number of carbonyl (C=O) groups excluding carboxylic acids is 1. The lowest BCUT2D eigenvalue weighted by molar-refractivity contribution is -0.117. The van der Waals surface area contributed by atoms with E-state index in [-0.39, 0.29) is 24.0 Å². The minimum Gasteiger partial charge on any atom is -0.465 e. The molecule has 0 radical (unpaired) electrons. The third-order valence-electron chi connectivity index (χ3n) is 5.46. The molecule has 0 unspecified atom stereocenters. The van der Waals surface area contributed by atoms with Gasteiger partial charge in [0.15, 0.2) is 0 Å². The van der Waals surface area contributed by atoms with Crippen LogP contribution in [0, 0.1) is 0 Å². The Kier molecular flexibility index (Phi) is 5.77. The molecule has 0 aliphatic carbocycles. The average molecular weight is 396 g/mol. The fourth-order valence-corrected chi connectivity index (χ4v) is 4.18. The molecule has 0 saturated heterocycles. The number of carbonyl (C=O) groups is 2. The van der Waals surface area contributed by atoms with E-state index >= 15 is 0 Å². The molecule has 0 saturated carbocycles. The van der Waals surface area contributed by atoms with E-state index in [9.17, 15) is 14.7 Å². The Bertz CT molecular complexity index is 911. The van der Waals surface area contributed by atoms with Gasteiger partial charge in [-0.25, -0.2) is 9.78 Å². The molecule has 2 N–H and O–H groups in total. The number of amides is 2. The number of aromatic nitrogens is 1. The zero-order chi connectivity index (χ0) is 21.3. The van der Waals surface area contributed by atoms with Gasteiger partial charge in [-0.15, -0.1) is 0 Å². The molecule has 29 heavy (non-hydrogen) atoms. The van der Waals surface area contributed by atoms with E-state index in [2.05, 4.69) is 10.3 Å². The first-order chi connectivity index (χ1) is 13.7. The van der Waals surface area contributed by atoms with Crippen molar-refractivity contribution in [2.45, 2.75) is 52.2 Å². The molecule has 0 spiro atoms. The van der Waals surface area contributed by atoms with E-state index in [1.807, 2.05) is 58.2 Å². The monoisotopic (exact) mass is 396 g/mol. The summed E-state index contributed by atoms with van der Waals surface area (Å²) in [6, 6.07) is 9.15. The van der Waals surface area contributed by atoms with E-state index in [1.54, 1.807) is 18.0 Å². The molecular formula is C22H28N4O3. The lowest BCUT2D eigenvalue weighted by Gasteiger charge is -2.43. The first-order valence-corrected chi connectivity index (χ1v) is 9.83. The summed E-state index contributed by atoms with van der Waals surface area (Å²) in [6.45, 7) is 7.26. The van der Waals surface area contributed by atoms with Crippen LogP contribution in [-0.2, 0) is 4.79 Å². The van der Waals surface area contributed by atoms with Crippen molar-refractivity contribution in [3.05, 3.63) is 42.1 Å². The second-order valence-electron chi connectivity index (χ2n) is 7.73. The normalized spacial score (nSPS) is 18.3. The number of pyridine rings is 1. The first-order valence-electron chi connectivity index (χ1n) is 9.83. The van der Waals surface area contributed by atoms with E-state index in [0.717, 1.165) is 28.2 Å². The van der Waals surface area contributed by atoms with Gasteiger partial charge >= 0.3 is 6.09 Å². The molecule has 2 heterocycles. The zero-order valence-electron chi connectivity index (χ0n) is 17.5. The van der Waals surface area contributed by atoms with Crippen LogP contribution >= 0.6 is 0 Å². The molecule has 3 rings (SSSR count). The Morgan fingerprint density at radius 1 is 1.24 bits per heavy atom. The van der Waals surface area contributed by atoms with Gasteiger partial charge in [0.25, 0.3) is 0 Å². The molecule has 2 amide bonds. The van der Waals surface area contributed by atoms with Crippen molar-refractivity contribution in [3.8, 4) is 11.1 Å². The molecule has 1 aliphatic heterocycles. The lowest BCUT2D eigenvalue weighted by Crippen LogP contribution is -2.48. The Balaban J connectivity index is 2.15. The van der Waals surface area contributed by atoms with Crippen LogP contribution in [0.2, 0.25) is 0 Å². The molecule has 2 aromatic rings. The summed E-state index contributed by atoms with van der Waals surface area (Å²) in [5, 5.41) is 12.9. The molecule has 1 aromatic carbocycles. The van der Waals surface area contributed by atoms with Crippen molar-refractivity contribution in [3.63, 3.8) is 0 Å². The Morgan fingerprint density at radius 2 is 1.93 bits per heavy atom. The molecule has 1 aliphatic rings. The van der Waals surface area contributed by atoms with Gasteiger partial charge in [0.1, 0.15) is 5.82 Å². The highest BCUT2D eigenvalue weighted by Crippen LogP contribution is 2.43. The van der Waals surface area contributed by atoms with Crippen LogP contribution in [-0.4, -0.2) is 46.1 Å². The number of anilines is 2. The van der Waals surface area contributed by atoms with Crippen LogP contribution in [0.25, 0.3) is 11.1 Å². The van der Waals surface area contributed by atoms with Gasteiger partial charge in [0.05, 0.1) is 6.04 Å². The Labute approximate surface area is 171 Å². The van der Waals surface area contributed by atoms with Gasteiger partial charge in [-0.3, -0.25) is 9.69 Å². The van der Waals surface area contributed by atoms with Gasteiger partial charge in [-0.1, -0.05) is 6.07 Å². The van der Waals surface area contributed by atoms with E-state index in [0.29, 0.717) is 6.42 Å². The van der Waals surface area contributed by atoms with Crippen molar-refractivity contribution >= 4 is 23.5 Å². The van der Waals surface area contributed by atoms with E-state index < -0.39 is 6.09 Å². The number of benzene rings is 1.